The average molecular weight is 301 g/mol. The third-order valence-corrected chi connectivity index (χ3v) is 3.97. The third kappa shape index (κ3) is 2.89. The normalized spacial score (nSPS) is 18.2. The van der Waals surface area contributed by atoms with Gasteiger partial charge in [-0.2, -0.15) is 0 Å². The van der Waals surface area contributed by atoms with Crippen molar-refractivity contribution in [3.63, 3.8) is 0 Å². The molecule has 5 heteroatoms. The average Bonchev–Trinajstić information content (AvgIpc) is 2.80. The molecule has 0 bridgehead atoms. The van der Waals surface area contributed by atoms with Gasteiger partial charge in [-0.1, -0.05) is 6.92 Å². The Hall–Kier alpha value is -2.17. The van der Waals surface area contributed by atoms with Crippen LogP contribution in [0.5, 0.6) is 0 Å². The maximum absolute atomic E-state index is 13.5. The van der Waals surface area contributed by atoms with Crippen molar-refractivity contribution in [1.29, 1.82) is 0 Å². The molecule has 2 aromatic rings. The number of pyridine rings is 1. The number of halogens is 1. The summed E-state index contributed by atoms with van der Waals surface area (Å²) in [6.45, 7) is 5.47. The molecule has 1 saturated heterocycles. The number of hydrogen-bond acceptors (Lipinski definition) is 3. The van der Waals surface area contributed by atoms with E-state index in [2.05, 4.69) is 17.2 Å². The number of carbonyl (C=O) groups is 1. The maximum atomic E-state index is 13.5. The number of nitrogens with one attached hydrogen (secondary N) is 1. The molecule has 0 aliphatic carbocycles. The molecule has 4 nitrogen and oxygen atoms in total. The van der Waals surface area contributed by atoms with Gasteiger partial charge in [0.25, 0.3) is 0 Å². The van der Waals surface area contributed by atoms with Gasteiger partial charge in [-0.05, 0) is 37.6 Å². The zero-order valence-electron chi connectivity index (χ0n) is 12.9. The highest BCUT2D eigenvalue weighted by Gasteiger charge is 2.29. The van der Waals surface area contributed by atoms with Crippen LogP contribution in [0.4, 0.5) is 10.1 Å². The summed E-state index contributed by atoms with van der Waals surface area (Å²) < 4.78 is 13.5. The van der Waals surface area contributed by atoms with Crippen molar-refractivity contribution in [3.05, 3.63) is 35.8 Å². The van der Waals surface area contributed by atoms with Gasteiger partial charge in [0, 0.05) is 36.3 Å². The van der Waals surface area contributed by atoms with E-state index >= 15 is 0 Å². The predicted molar refractivity (Wildman–Crippen MR) is 85.3 cm³/mol. The van der Waals surface area contributed by atoms with E-state index in [1.165, 1.54) is 12.1 Å². The van der Waals surface area contributed by atoms with Crippen molar-refractivity contribution in [1.82, 2.24) is 9.88 Å². The lowest BCUT2D eigenvalue weighted by Crippen LogP contribution is -2.28. The zero-order chi connectivity index (χ0) is 15.7. The number of rotatable bonds is 4. The number of hydrogen-bond donors (Lipinski definition) is 1. The minimum absolute atomic E-state index is 0.0623. The van der Waals surface area contributed by atoms with Crippen LogP contribution in [0.2, 0.25) is 0 Å². The van der Waals surface area contributed by atoms with Crippen LogP contribution in [0.25, 0.3) is 10.9 Å². The molecule has 116 valence electrons. The van der Waals surface area contributed by atoms with Gasteiger partial charge in [0.05, 0.1) is 11.6 Å². The van der Waals surface area contributed by atoms with Crippen LogP contribution in [0, 0.1) is 12.7 Å². The van der Waals surface area contributed by atoms with Gasteiger partial charge < -0.3 is 10.2 Å². The van der Waals surface area contributed by atoms with E-state index in [1.54, 1.807) is 6.07 Å². The molecule has 1 amide bonds. The molecular weight excluding hydrogens is 281 g/mol. The van der Waals surface area contributed by atoms with Crippen LogP contribution < -0.4 is 5.32 Å². The first-order valence-corrected chi connectivity index (χ1v) is 7.68. The second kappa shape index (κ2) is 5.91. The van der Waals surface area contributed by atoms with Crippen molar-refractivity contribution in [2.45, 2.75) is 32.7 Å². The first-order valence-electron chi connectivity index (χ1n) is 7.68. The summed E-state index contributed by atoms with van der Waals surface area (Å²) in [6, 6.07) is 6.57. The Kier molecular flexibility index (Phi) is 3.96. The Bertz CT molecular complexity index is 716. The molecule has 1 N–H and O–H groups in total. The number of carbonyl (C=O) groups excluding carboxylic acids is 1. The molecular formula is C17H20FN3O. The van der Waals surface area contributed by atoms with Crippen LogP contribution in [0.3, 0.4) is 0 Å². The van der Waals surface area contributed by atoms with Gasteiger partial charge in [0.15, 0.2) is 0 Å². The lowest BCUT2D eigenvalue weighted by atomic mass is 10.1. The number of anilines is 1. The monoisotopic (exact) mass is 301 g/mol. The Morgan fingerprint density at radius 3 is 3.00 bits per heavy atom. The molecule has 3 rings (SSSR count). The summed E-state index contributed by atoms with van der Waals surface area (Å²) in [5.41, 5.74) is 2.48. The molecule has 1 aliphatic rings. The Labute approximate surface area is 129 Å². The van der Waals surface area contributed by atoms with Crippen LogP contribution in [-0.4, -0.2) is 34.9 Å². The summed E-state index contributed by atoms with van der Waals surface area (Å²) in [5, 5.41) is 4.16. The van der Waals surface area contributed by atoms with Crippen molar-refractivity contribution in [3.8, 4) is 0 Å². The fourth-order valence-corrected chi connectivity index (χ4v) is 3.02. The van der Waals surface area contributed by atoms with E-state index in [1.807, 2.05) is 17.9 Å². The smallest absolute Gasteiger partial charge is 0.224 e. The second-order valence-corrected chi connectivity index (χ2v) is 5.86. The molecule has 0 spiro atoms. The molecule has 1 aromatic heterocycles. The van der Waals surface area contributed by atoms with Crippen LogP contribution in [-0.2, 0) is 4.79 Å². The molecule has 0 saturated carbocycles. The minimum Gasteiger partial charge on any atom is -0.379 e. The molecule has 1 atom stereocenters. The highest BCUT2D eigenvalue weighted by molar-refractivity contribution is 5.92. The topological polar surface area (TPSA) is 45.2 Å². The number of amides is 1. The summed E-state index contributed by atoms with van der Waals surface area (Å²) >= 11 is 0. The highest BCUT2D eigenvalue weighted by atomic mass is 19.1. The first kappa shape index (κ1) is 14.8. The summed E-state index contributed by atoms with van der Waals surface area (Å²) in [5.74, 6) is -0.100. The Balaban J connectivity index is 1.88. The highest BCUT2D eigenvalue weighted by Crippen LogP contribution is 2.26. The van der Waals surface area contributed by atoms with E-state index in [0.29, 0.717) is 13.0 Å². The molecule has 0 radical (unpaired) electrons. The standard InChI is InChI=1S/C17H20FN3O/c1-3-6-21-10-13(9-17(21)22)20-16-7-11(2)19-15-5-4-12(18)8-14(15)16/h4-5,7-8,13H,3,6,9-10H2,1-2H3,(H,19,20). The van der Waals surface area contributed by atoms with Crippen LogP contribution in [0.1, 0.15) is 25.5 Å². The van der Waals surface area contributed by atoms with Gasteiger partial charge in [-0.25, -0.2) is 4.39 Å². The lowest BCUT2D eigenvalue weighted by Gasteiger charge is -2.18. The third-order valence-electron chi connectivity index (χ3n) is 3.97. The minimum atomic E-state index is -0.281. The second-order valence-electron chi connectivity index (χ2n) is 5.86. The van der Waals surface area contributed by atoms with E-state index in [4.69, 9.17) is 0 Å². The van der Waals surface area contributed by atoms with E-state index in [9.17, 15) is 9.18 Å². The fourth-order valence-electron chi connectivity index (χ4n) is 3.02. The first-order chi connectivity index (χ1) is 10.6. The predicted octanol–water partition coefficient (Wildman–Crippen LogP) is 3.11. The van der Waals surface area contributed by atoms with E-state index in [-0.39, 0.29) is 17.8 Å². The molecule has 1 fully saturated rings. The SMILES string of the molecule is CCCN1CC(Nc2cc(C)nc3ccc(F)cc23)CC1=O. The zero-order valence-corrected chi connectivity index (χ0v) is 12.9. The van der Waals surface area contributed by atoms with Crippen molar-refractivity contribution >= 4 is 22.5 Å². The van der Waals surface area contributed by atoms with Gasteiger partial charge in [0.2, 0.25) is 5.91 Å². The number of nitrogens with zero attached hydrogens (tertiary/aromatic N) is 2. The van der Waals surface area contributed by atoms with E-state index < -0.39 is 0 Å². The number of aromatic nitrogens is 1. The summed E-state index contributed by atoms with van der Waals surface area (Å²) in [4.78, 5) is 18.3. The van der Waals surface area contributed by atoms with Crippen LogP contribution in [0.15, 0.2) is 24.3 Å². The molecule has 2 heterocycles. The number of benzene rings is 1. The van der Waals surface area contributed by atoms with Crippen molar-refractivity contribution in [2.75, 3.05) is 18.4 Å². The number of likely N-dealkylation sites (tertiary alicyclic amines) is 1. The van der Waals surface area contributed by atoms with Gasteiger partial charge >= 0.3 is 0 Å². The van der Waals surface area contributed by atoms with Crippen LogP contribution >= 0.6 is 0 Å². The lowest BCUT2D eigenvalue weighted by molar-refractivity contribution is -0.127. The summed E-state index contributed by atoms with van der Waals surface area (Å²) in [6.07, 6.45) is 1.44. The fraction of sp³-hybridized carbons (Fsp3) is 0.412. The number of fused-ring (bicyclic) bond motifs is 1. The quantitative estimate of drug-likeness (QED) is 0.944. The largest absolute Gasteiger partial charge is 0.379 e. The maximum Gasteiger partial charge on any atom is 0.224 e. The Morgan fingerprint density at radius 1 is 1.41 bits per heavy atom. The van der Waals surface area contributed by atoms with Crippen molar-refractivity contribution < 1.29 is 9.18 Å². The molecule has 22 heavy (non-hydrogen) atoms. The molecule has 1 aliphatic heterocycles. The van der Waals surface area contributed by atoms with Crippen molar-refractivity contribution in [2.24, 2.45) is 0 Å². The van der Waals surface area contributed by atoms with E-state index in [0.717, 1.165) is 35.2 Å². The van der Waals surface area contributed by atoms with Gasteiger partial charge in [0.1, 0.15) is 5.82 Å². The summed E-state index contributed by atoms with van der Waals surface area (Å²) in [7, 11) is 0. The number of aryl methyl sites for hydroxylation is 1. The molecule has 1 unspecified atom stereocenters. The Morgan fingerprint density at radius 2 is 2.23 bits per heavy atom. The molecule has 1 aromatic carbocycles. The van der Waals surface area contributed by atoms with Gasteiger partial charge in [-0.3, -0.25) is 9.78 Å². The van der Waals surface area contributed by atoms with Gasteiger partial charge in [-0.15, -0.1) is 0 Å².